The molecule has 0 atom stereocenters. The average Bonchev–Trinajstić information content (AvgIpc) is 3.09. The first-order chi connectivity index (χ1) is 12.0. The first kappa shape index (κ1) is 17.5. The van der Waals surface area contributed by atoms with Crippen LogP contribution >= 0.6 is 0 Å². The summed E-state index contributed by atoms with van der Waals surface area (Å²) in [7, 11) is 0. The Labute approximate surface area is 149 Å². The summed E-state index contributed by atoms with van der Waals surface area (Å²) in [4.78, 5) is 17.7. The van der Waals surface area contributed by atoms with E-state index >= 15 is 0 Å². The van der Waals surface area contributed by atoms with Gasteiger partial charge in [0.25, 0.3) is 0 Å². The van der Waals surface area contributed by atoms with Gasteiger partial charge in [-0.2, -0.15) is 0 Å². The van der Waals surface area contributed by atoms with Gasteiger partial charge in [0.2, 0.25) is 11.8 Å². The zero-order valence-electron chi connectivity index (χ0n) is 15.3. The maximum atomic E-state index is 13.2. The van der Waals surface area contributed by atoms with Gasteiger partial charge in [-0.3, -0.25) is 4.79 Å². The van der Waals surface area contributed by atoms with Crippen LogP contribution in [0.2, 0.25) is 0 Å². The van der Waals surface area contributed by atoms with Gasteiger partial charge in [0.1, 0.15) is 0 Å². The molecule has 1 heterocycles. The Morgan fingerprint density at radius 2 is 1.96 bits per heavy atom. The van der Waals surface area contributed by atoms with Gasteiger partial charge in [0, 0.05) is 6.07 Å². The van der Waals surface area contributed by atoms with Crippen LogP contribution in [0, 0.1) is 13.8 Å². The van der Waals surface area contributed by atoms with Gasteiger partial charge in [-0.05, 0) is 45.2 Å². The predicted octanol–water partition coefficient (Wildman–Crippen LogP) is 4.55. The van der Waals surface area contributed by atoms with Crippen LogP contribution in [0.15, 0.2) is 36.4 Å². The van der Waals surface area contributed by atoms with Crippen LogP contribution in [0.4, 0.5) is 5.69 Å². The molecule has 1 aromatic carbocycles. The van der Waals surface area contributed by atoms with Crippen LogP contribution in [0.25, 0.3) is 0 Å². The number of anilines is 1. The lowest BCUT2D eigenvalue weighted by Crippen LogP contribution is -2.38. The Hall–Kier alpha value is -2.36. The molecule has 0 unspecified atom stereocenters. The minimum Gasteiger partial charge on any atom is -0.478 e. The number of hydrogen-bond acceptors (Lipinski definition) is 3. The first-order valence-electron chi connectivity index (χ1n) is 9.04. The van der Waals surface area contributed by atoms with E-state index < -0.39 is 5.41 Å². The summed E-state index contributed by atoms with van der Waals surface area (Å²) in [5.74, 6) is 0.664. The molecule has 3 rings (SSSR count). The van der Waals surface area contributed by atoms with Crippen molar-refractivity contribution in [3.05, 3.63) is 53.2 Å². The molecule has 2 aromatic rings. The van der Waals surface area contributed by atoms with Crippen molar-refractivity contribution < 1.29 is 9.53 Å². The van der Waals surface area contributed by atoms with Gasteiger partial charge in [-0.25, -0.2) is 4.98 Å². The molecule has 1 aromatic heterocycles. The quantitative estimate of drug-likeness (QED) is 0.870. The van der Waals surface area contributed by atoms with Gasteiger partial charge in [0.15, 0.2) is 0 Å². The van der Waals surface area contributed by atoms with Crippen molar-refractivity contribution in [2.45, 2.75) is 51.9 Å². The van der Waals surface area contributed by atoms with Crippen molar-refractivity contribution in [3.8, 4) is 5.88 Å². The van der Waals surface area contributed by atoms with E-state index in [2.05, 4.69) is 35.4 Å². The molecule has 4 heteroatoms. The maximum Gasteiger partial charge on any atom is 0.235 e. The van der Waals surface area contributed by atoms with E-state index in [0.717, 1.165) is 42.6 Å². The standard InChI is InChI=1S/C21H26N2O2/c1-4-25-19-11-10-18(16(3)22-19)23-20(24)21(12-5-6-13-21)17-9-7-8-15(2)14-17/h7-11,14H,4-6,12-13H2,1-3H3,(H,23,24). The molecule has 1 saturated carbocycles. The van der Waals surface area contributed by atoms with Crippen molar-refractivity contribution in [1.29, 1.82) is 0 Å². The highest BCUT2D eigenvalue weighted by Crippen LogP contribution is 2.42. The molecule has 1 amide bonds. The number of rotatable bonds is 5. The molecule has 0 radical (unpaired) electrons. The second kappa shape index (κ2) is 7.26. The van der Waals surface area contributed by atoms with E-state index in [-0.39, 0.29) is 5.91 Å². The molecule has 1 aliphatic carbocycles. The zero-order valence-corrected chi connectivity index (χ0v) is 15.3. The summed E-state index contributed by atoms with van der Waals surface area (Å²) >= 11 is 0. The molecule has 0 bridgehead atoms. The van der Waals surface area contributed by atoms with E-state index in [4.69, 9.17) is 4.74 Å². The summed E-state index contributed by atoms with van der Waals surface area (Å²) in [6, 6.07) is 12.0. The molecule has 0 aliphatic heterocycles. The van der Waals surface area contributed by atoms with E-state index in [1.54, 1.807) is 6.07 Å². The van der Waals surface area contributed by atoms with Crippen molar-refractivity contribution in [3.63, 3.8) is 0 Å². The van der Waals surface area contributed by atoms with Gasteiger partial charge in [0.05, 0.1) is 23.4 Å². The second-order valence-electron chi connectivity index (χ2n) is 6.83. The zero-order chi connectivity index (χ0) is 17.9. The predicted molar refractivity (Wildman–Crippen MR) is 100 cm³/mol. The lowest BCUT2D eigenvalue weighted by atomic mass is 9.77. The highest BCUT2D eigenvalue weighted by atomic mass is 16.5. The summed E-state index contributed by atoms with van der Waals surface area (Å²) in [5.41, 5.74) is 3.41. The molecule has 4 nitrogen and oxygen atoms in total. The van der Waals surface area contributed by atoms with Crippen LogP contribution < -0.4 is 10.1 Å². The second-order valence-corrected chi connectivity index (χ2v) is 6.83. The fourth-order valence-corrected chi connectivity index (χ4v) is 3.71. The summed E-state index contributed by atoms with van der Waals surface area (Å²) in [5, 5.41) is 3.12. The minimum absolute atomic E-state index is 0.0738. The van der Waals surface area contributed by atoms with E-state index in [1.165, 1.54) is 5.56 Å². The number of hydrogen-bond donors (Lipinski definition) is 1. The Balaban J connectivity index is 1.87. The number of pyridine rings is 1. The highest BCUT2D eigenvalue weighted by molar-refractivity contribution is 5.99. The Bertz CT molecular complexity index is 764. The lowest BCUT2D eigenvalue weighted by Gasteiger charge is -2.29. The number of amides is 1. The van der Waals surface area contributed by atoms with Crippen molar-refractivity contribution in [2.24, 2.45) is 0 Å². The lowest BCUT2D eigenvalue weighted by molar-refractivity contribution is -0.121. The molecule has 1 N–H and O–H groups in total. The summed E-state index contributed by atoms with van der Waals surface area (Å²) < 4.78 is 5.42. The average molecular weight is 338 g/mol. The van der Waals surface area contributed by atoms with Crippen LogP contribution in [0.5, 0.6) is 5.88 Å². The van der Waals surface area contributed by atoms with Crippen molar-refractivity contribution >= 4 is 11.6 Å². The number of nitrogens with zero attached hydrogens (tertiary/aromatic N) is 1. The fraction of sp³-hybridized carbons (Fsp3) is 0.429. The fourth-order valence-electron chi connectivity index (χ4n) is 3.71. The smallest absolute Gasteiger partial charge is 0.235 e. The van der Waals surface area contributed by atoms with E-state index in [9.17, 15) is 4.79 Å². The number of benzene rings is 1. The largest absolute Gasteiger partial charge is 0.478 e. The number of carbonyl (C=O) groups excluding carboxylic acids is 1. The van der Waals surface area contributed by atoms with Crippen LogP contribution in [0.1, 0.15) is 49.4 Å². The monoisotopic (exact) mass is 338 g/mol. The first-order valence-corrected chi connectivity index (χ1v) is 9.04. The third kappa shape index (κ3) is 3.53. The van der Waals surface area contributed by atoms with Crippen molar-refractivity contribution in [2.75, 3.05) is 11.9 Å². The summed E-state index contributed by atoms with van der Waals surface area (Å²) in [6.07, 6.45) is 3.96. The Morgan fingerprint density at radius 3 is 2.60 bits per heavy atom. The molecule has 0 spiro atoms. The molecule has 0 saturated heterocycles. The number of aromatic nitrogens is 1. The molecule has 1 aliphatic rings. The topological polar surface area (TPSA) is 51.2 Å². The van der Waals surface area contributed by atoms with Gasteiger partial charge in [-0.15, -0.1) is 0 Å². The molecule has 132 valence electrons. The van der Waals surface area contributed by atoms with Crippen LogP contribution in [-0.4, -0.2) is 17.5 Å². The van der Waals surface area contributed by atoms with Gasteiger partial charge >= 0.3 is 0 Å². The number of aryl methyl sites for hydroxylation is 2. The Morgan fingerprint density at radius 1 is 1.20 bits per heavy atom. The maximum absolute atomic E-state index is 13.2. The minimum atomic E-state index is -0.433. The number of ether oxygens (including phenoxy) is 1. The molecule has 25 heavy (non-hydrogen) atoms. The van der Waals surface area contributed by atoms with Gasteiger partial charge < -0.3 is 10.1 Å². The third-order valence-electron chi connectivity index (χ3n) is 5.06. The Kier molecular flexibility index (Phi) is 5.07. The molecular weight excluding hydrogens is 312 g/mol. The van der Waals surface area contributed by atoms with Crippen molar-refractivity contribution in [1.82, 2.24) is 4.98 Å². The third-order valence-corrected chi connectivity index (χ3v) is 5.06. The number of nitrogens with one attached hydrogen (secondary N) is 1. The van der Waals surface area contributed by atoms with Gasteiger partial charge in [-0.1, -0.05) is 42.7 Å². The van der Waals surface area contributed by atoms with E-state index in [1.807, 2.05) is 26.0 Å². The SMILES string of the molecule is CCOc1ccc(NC(=O)C2(c3cccc(C)c3)CCCC2)c(C)n1. The molecular formula is C21H26N2O2. The van der Waals surface area contributed by atoms with E-state index in [0.29, 0.717) is 12.5 Å². The normalized spacial score (nSPS) is 15.8. The van der Waals surface area contributed by atoms with Crippen LogP contribution in [0.3, 0.4) is 0 Å². The number of carbonyl (C=O) groups is 1. The van der Waals surface area contributed by atoms with Crippen LogP contribution in [-0.2, 0) is 10.2 Å². The molecule has 1 fully saturated rings. The summed E-state index contributed by atoms with van der Waals surface area (Å²) in [6.45, 7) is 6.48. The highest BCUT2D eigenvalue weighted by Gasteiger charge is 2.42.